The van der Waals surface area contributed by atoms with Crippen LogP contribution in [-0.4, -0.2) is 9.97 Å². The third-order valence-corrected chi connectivity index (χ3v) is 4.23. The van der Waals surface area contributed by atoms with Gasteiger partial charge < -0.3 is 4.98 Å². The fourth-order valence-corrected chi connectivity index (χ4v) is 3.41. The summed E-state index contributed by atoms with van der Waals surface area (Å²) in [6.07, 6.45) is 3.94. The quantitative estimate of drug-likeness (QED) is 0.661. The topological polar surface area (TPSA) is 49.6 Å². The number of nitrogens with one attached hydrogen (secondary N) is 1. The number of rotatable bonds is 2. The molecule has 0 saturated heterocycles. The minimum Gasteiger partial charge on any atom is -0.305 e. The molecule has 0 saturated carbocycles. The highest BCUT2D eigenvalue weighted by molar-refractivity contribution is 9.11. The maximum Gasteiger partial charge on any atom is 0.259 e. The summed E-state index contributed by atoms with van der Waals surface area (Å²) in [6.45, 7) is 2.56. The molecule has 2 aromatic heterocycles. The molecular weight excluding hydrogens is 398 g/mol. The van der Waals surface area contributed by atoms with Crippen molar-refractivity contribution in [2.75, 3.05) is 0 Å². The number of fused-ring (bicyclic) bond motifs is 1. The van der Waals surface area contributed by atoms with Crippen molar-refractivity contribution in [1.82, 2.24) is 9.97 Å². The number of aryl methyl sites for hydroxylation is 1. The largest absolute Gasteiger partial charge is 0.305 e. The van der Waals surface area contributed by atoms with Crippen molar-refractivity contribution in [2.45, 2.75) is 13.5 Å². The van der Waals surface area contributed by atoms with Crippen LogP contribution in [-0.2, 0) is 6.54 Å². The first-order chi connectivity index (χ1) is 10.0. The Morgan fingerprint density at radius 2 is 1.95 bits per heavy atom. The van der Waals surface area contributed by atoms with Gasteiger partial charge in [0.1, 0.15) is 0 Å². The second kappa shape index (κ2) is 5.69. The van der Waals surface area contributed by atoms with Crippen molar-refractivity contribution in [3.05, 3.63) is 67.3 Å². The van der Waals surface area contributed by atoms with E-state index in [1.807, 2.05) is 42.1 Å². The first-order valence-corrected chi connectivity index (χ1v) is 7.95. The van der Waals surface area contributed by atoms with Crippen LogP contribution in [0.1, 0.15) is 11.4 Å². The van der Waals surface area contributed by atoms with Crippen LogP contribution in [0.2, 0.25) is 0 Å². The molecule has 106 valence electrons. The number of hydrogen-bond donors (Lipinski definition) is 1. The van der Waals surface area contributed by atoms with E-state index >= 15 is 0 Å². The summed E-state index contributed by atoms with van der Waals surface area (Å²) in [5, 5.41) is 0.564. The van der Waals surface area contributed by atoms with Gasteiger partial charge in [0.25, 0.3) is 5.56 Å². The molecule has 0 radical (unpaired) electrons. The van der Waals surface area contributed by atoms with E-state index in [4.69, 9.17) is 0 Å². The van der Waals surface area contributed by atoms with Crippen LogP contribution >= 0.6 is 31.9 Å². The van der Waals surface area contributed by atoms with Gasteiger partial charge in [-0.1, -0.05) is 15.9 Å². The predicted octanol–water partition coefficient (Wildman–Crippen LogP) is 3.09. The van der Waals surface area contributed by atoms with Crippen LogP contribution in [0.3, 0.4) is 0 Å². The van der Waals surface area contributed by atoms with Gasteiger partial charge in [0, 0.05) is 21.1 Å². The minimum absolute atomic E-state index is 0.135. The molecule has 0 fully saturated rings. The Balaban J connectivity index is 2.08. The van der Waals surface area contributed by atoms with E-state index in [2.05, 4.69) is 41.8 Å². The molecule has 0 atom stereocenters. The monoisotopic (exact) mass is 408 g/mol. The number of H-pyrrole nitrogens is 1. The first-order valence-electron chi connectivity index (χ1n) is 6.36. The second-order valence-electron chi connectivity index (χ2n) is 4.84. The van der Waals surface area contributed by atoms with Crippen molar-refractivity contribution in [3.63, 3.8) is 0 Å². The summed E-state index contributed by atoms with van der Waals surface area (Å²) in [5.41, 5.74) is 1.73. The lowest BCUT2D eigenvalue weighted by molar-refractivity contribution is -0.689. The van der Waals surface area contributed by atoms with E-state index < -0.39 is 0 Å². The number of hydrogen-bond acceptors (Lipinski definition) is 2. The molecule has 3 aromatic rings. The van der Waals surface area contributed by atoms with Gasteiger partial charge in [0.05, 0.1) is 10.9 Å². The Morgan fingerprint density at radius 3 is 2.67 bits per heavy atom. The van der Waals surface area contributed by atoms with Gasteiger partial charge in [-0.05, 0) is 40.5 Å². The number of aromatic amines is 1. The zero-order valence-electron chi connectivity index (χ0n) is 11.2. The third kappa shape index (κ3) is 3.06. The lowest BCUT2D eigenvalue weighted by Gasteiger charge is -2.03. The third-order valence-electron chi connectivity index (χ3n) is 3.17. The molecule has 0 aliphatic rings. The number of pyridine rings is 1. The van der Waals surface area contributed by atoms with Crippen LogP contribution in [0.15, 0.2) is 50.4 Å². The maximum absolute atomic E-state index is 12.2. The fraction of sp³-hybridized carbons (Fsp3) is 0.133. The van der Waals surface area contributed by atoms with E-state index in [9.17, 15) is 4.79 Å². The Kier molecular flexibility index (Phi) is 3.91. The number of halogens is 2. The Morgan fingerprint density at radius 1 is 1.24 bits per heavy atom. The normalized spacial score (nSPS) is 11.0. The van der Waals surface area contributed by atoms with E-state index in [1.54, 1.807) is 6.07 Å². The molecular formula is C15H12Br2N3O+. The molecule has 1 aromatic carbocycles. The summed E-state index contributed by atoms with van der Waals surface area (Å²) in [4.78, 5) is 19.6. The SMILES string of the molecule is Cc1cc[n+](Cc2nc3c(Br)cc(Br)cc3c(=O)[nH]2)cc1. The maximum atomic E-state index is 12.2. The Labute approximate surface area is 138 Å². The van der Waals surface area contributed by atoms with Crippen molar-refractivity contribution < 1.29 is 4.57 Å². The number of aromatic nitrogens is 3. The molecule has 0 spiro atoms. The average Bonchev–Trinajstić information content (AvgIpc) is 2.43. The van der Waals surface area contributed by atoms with Gasteiger partial charge in [-0.25, -0.2) is 4.98 Å². The van der Waals surface area contributed by atoms with Gasteiger partial charge in [-0.2, -0.15) is 4.57 Å². The molecule has 3 rings (SSSR count). The van der Waals surface area contributed by atoms with Crippen LogP contribution in [0, 0.1) is 6.92 Å². The first kappa shape index (κ1) is 14.4. The van der Waals surface area contributed by atoms with E-state index in [-0.39, 0.29) is 5.56 Å². The summed E-state index contributed by atoms with van der Waals surface area (Å²) in [6, 6.07) is 7.70. The van der Waals surface area contributed by atoms with Crippen molar-refractivity contribution >= 4 is 42.8 Å². The van der Waals surface area contributed by atoms with Crippen molar-refractivity contribution in [1.29, 1.82) is 0 Å². The second-order valence-corrected chi connectivity index (χ2v) is 6.61. The van der Waals surface area contributed by atoms with Crippen molar-refractivity contribution in [2.24, 2.45) is 0 Å². The molecule has 6 heteroatoms. The lowest BCUT2D eigenvalue weighted by atomic mass is 10.2. The van der Waals surface area contributed by atoms with Crippen LogP contribution in [0.5, 0.6) is 0 Å². The van der Waals surface area contributed by atoms with Crippen molar-refractivity contribution in [3.8, 4) is 0 Å². The number of benzene rings is 1. The molecule has 0 aliphatic carbocycles. The highest BCUT2D eigenvalue weighted by atomic mass is 79.9. The molecule has 2 heterocycles. The summed E-state index contributed by atoms with van der Waals surface area (Å²) in [7, 11) is 0. The molecule has 0 bridgehead atoms. The zero-order valence-corrected chi connectivity index (χ0v) is 14.4. The zero-order chi connectivity index (χ0) is 15.0. The molecule has 4 nitrogen and oxygen atoms in total. The summed E-state index contributed by atoms with van der Waals surface area (Å²) < 4.78 is 3.62. The number of nitrogens with zero attached hydrogens (tertiary/aromatic N) is 2. The Hall–Kier alpha value is -1.53. The van der Waals surface area contributed by atoms with Gasteiger partial charge in [-0.3, -0.25) is 4.79 Å². The molecule has 1 N–H and O–H groups in total. The van der Waals surface area contributed by atoms with E-state index in [0.717, 1.165) is 8.95 Å². The van der Waals surface area contributed by atoms with Crippen LogP contribution in [0.4, 0.5) is 0 Å². The van der Waals surface area contributed by atoms with Gasteiger partial charge in [0.15, 0.2) is 18.2 Å². The predicted molar refractivity (Wildman–Crippen MR) is 88.2 cm³/mol. The molecule has 0 unspecified atom stereocenters. The average molecular weight is 410 g/mol. The van der Waals surface area contributed by atoms with Gasteiger partial charge in [0.2, 0.25) is 6.54 Å². The molecule has 0 aliphatic heterocycles. The molecule has 21 heavy (non-hydrogen) atoms. The van der Waals surface area contributed by atoms with E-state index in [1.165, 1.54) is 5.56 Å². The molecule has 0 amide bonds. The van der Waals surface area contributed by atoms with Gasteiger partial charge in [-0.15, -0.1) is 0 Å². The highest BCUT2D eigenvalue weighted by Gasteiger charge is 2.11. The lowest BCUT2D eigenvalue weighted by Crippen LogP contribution is -2.35. The smallest absolute Gasteiger partial charge is 0.259 e. The minimum atomic E-state index is -0.135. The summed E-state index contributed by atoms with van der Waals surface area (Å²) >= 11 is 6.84. The fourth-order valence-electron chi connectivity index (χ4n) is 2.10. The standard InChI is InChI=1S/C15H11Br2N3O/c1-9-2-4-20(5-3-9)8-13-18-14-11(15(21)19-13)6-10(16)7-12(14)17/h2-7H,8H2,1H3/p+1. The van der Waals surface area contributed by atoms with Gasteiger partial charge >= 0.3 is 0 Å². The summed E-state index contributed by atoms with van der Waals surface area (Å²) in [5.74, 6) is 0.629. The Bertz CT molecular complexity index is 872. The highest BCUT2D eigenvalue weighted by Crippen LogP contribution is 2.24. The van der Waals surface area contributed by atoms with E-state index in [0.29, 0.717) is 23.3 Å². The van der Waals surface area contributed by atoms with Crippen LogP contribution in [0.25, 0.3) is 10.9 Å². The van der Waals surface area contributed by atoms with Crippen LogP contribution < -0.4 is 10.1 Å².